The zero-order valence-electron chi connectivity index (χ0n) is 10.3. The number of nitrogens with zero attached hydrogens (tertiary/aromatic N) is 2. The largest absolute Gasteiger partial charge is 0.388 e. The van der Waals surface area contributed by atoms with Crippen LogP contribution < -0.4 is 0 Å². The van der Waals surface area contributed by atoms with Crippen LogP contribution in [0, 0.1) is 0 Å². The first-order valence-corrected chi connectivity index (χ1v) is 6.86. The Bertz CT molecular complexity index is 462. The fourth-order valence-electron chi connectivity index (χ4n) is 2.00. The Morgan fingerprint density at radius 2 is 2.35 bits per heavy atom. The lowest BCUT2D eigenvalue weighted by Crippen LogP contribution is -2.01. The number of aliphatic hydroxyl groups excluding tert-OH is 1. The maximum atomic E-state index is 10.2. The highest BCUT2D eigenvalue weighted by atomic mass is 32.1. The van der Waals surface area contributed by atoms with Gasteiger partial charge in [-0.3, -0.25) is 4.68 Å². The molecule has 92 valence electrons. The smallest absolute Gasteiger partial charge is 0.0826 e. The van der Waals surface area contributed by atoms with Crippen LogP contribution in [0.4, 0.5) is 0 Å². The second-order valence-corrected chi connectivity index (χ2v) is 5.02. The van der Waals surface area contributed by atoms with E-state index in [1.807, 2.05) is 13.2 Å². The van der Waals surface area contributed by atoms with Crippen molar-refractivity contribution in [1.82, 2.24) is 9.78 Å². The standard InChI is InChI=1S/C13H18N2OS/c1-3-12-11(8-15(2)14-12)13(16)5-4-10-6-7-17-9-10/h6-9,13,16H,3-5H2,1-2H3. The summed E-state index contributed by atoms with van der Waals surface area (Å²) in [6.45, 7) is 2.07. The average Bonchev–Trinajstić information content (AvgIpc) is 2.94. The van der Waals surface area contributed by atoms with E-state index < -0.39 is 6.10 Å². The van der Waals surface area contributed by atoms with Crippen molar-refractivity contribution in [2.75, 3.05) is 0 Å². The minimum atomic E-state index is -0.404. The molecule has 3 nitrogen and oxygen atoms in total. The molecule has 0 amide bonds. The molecule has 17 heavy (non-hydrogen) atoms. The van der Waals surface area contributed by atoms with Crippen LogP contribution in [-0.4, -0.2) is 14.9 Å². The van der Waals surface area contributed by atoms with Gasteiger partial charge < -0.3 is 5.11 Å². The summed E-state index contributed by atoms with van der Waals surface area (Å²) in [5.74, 6) is 0. The summed E-state index contributed by atoms with van der Waals surface area (Å²) < 4.78 is 1.78. The van der Waals surface area contributed by atoms with Crippen molar-refractivity contribution in [2.24, 2.45) is 7.05 Å². The molecule has 2 rings (SSSR count). The average molecular weight is 250 g/mol. The van der Waals surface area contributed by atoms with Gasteiger partial charge in [-0.1, -0.05) is 6.92 Å². The Balaban J connectivity index is 2.01. The highest BCUT2D eigenvalue weighted by molar-refractivity contribution is 7.07. The third-order valence-electron chi connectivity index (χ3n) is 2.92. The van der Waals surface area contributed by atoms with Crippen molar-refractivity contribution in [1.29, 1.82) is 0 Å². The van der Waals surface area contributed by atoms with Crippen LogP contribution in [0.2, 0.25) is 0 Å². The maximum Gasteiger partial charge on any atom is 0.0826 e. The van der Waals surface area contributed by atoms with E-state index in [9.17, 15) is 5.11 Å². The molecule has 0 aliphatic rings. The minimum absolute atomic E-state index is 0.404. The van der Waals surface area contributed by atoms with Crippen LogP contribution in [0.3, 0.4) is 0 Å². The SMILES string of the molecule is CCc1nn(C)cc1C(O)CCc1ccsc1. The predicted molar refractivity (Wildman–Crippen MR) is 70.2 cm³/mol. The molecular weight excluding hydrogens is 232 g/mol. The number of aliphatic hydroxyl groups is 1. The first-order chi connectivity index (χ1) is 8.20. The monoisotopic (exact) mass is 250 g/mol. The van der Waals surface area contributed by atoms with Gasteiger partial charge in [0, 0.05) is 18.8 Å². The number of aromatic nitrogens is 2. The van der Waals surface area contributed by atoms with E-state index >= 15 is 0 Å². The van der Waals surface area contributed by atoms with Crippen molar-refractivity contribution in [3.05, 3.63) is 39.8 Å². The number of hydrogen-bond acceptors (Lipinski definition) is 3. The van der Waals surface area contributed by atoms with Crippen molar-refractivity contribution in [3.8, 4) is 0 Å². The molecule has 0 bridgehead atoms. The lowest BCUT2D eigenvalue weighted by molar-refractivity contribution is 0.167. The first-order valence-electron chi connectivity index (χ1n) is 5.92. The molecule has 2 heterocycles. The second-order valence-electron chi connectivity index (χ2n) is 4.24. The van der Waals surface area contributed by atoms with Gasteiger partial charge in [0.2, 0.25) is 0 Å². The number of aryl methyl sites for hydroxylation is 3. The van der Waals surface area contributed by atoms with Crippen LogP contribution >= 0.6 is 11.3 Å². The zero-order valence-corrected chi connectivity index (χ0v) is 11.1. The van der Waals surface area contributed by atoms with Gasteiger partial charge in [-0.15, -0.1) is 0 Å². The maximum absolute atomic E-state index is 10.2. The van der Waals surface area contributed by atoms with Crippen LogP contribution in [0.25, 0.3) is 0 Å². The van der Waals surface area contributed by atoms with Gasteiger partial charge in [0.05, 0.1) is 11.8 Å². The van der Waals surface area contributed by atoms with Gasteiger partial charge in [0.25, 0.3) is 0 Å². The highest BCUT2D eigenvalue weighted by Gasteiger charge is 2.15. The molecule has 0 aromatic carbocycles. The van der Waals surface area contributed by atoms with Gasteiger partial charge >= 0.3 is 0 Å². The molecule has 4 heteroatoms. The lowest BCUT2D eigenvalue weighted by atomic mass is 10.0. The van der Waals surface area contributed by atoms with E-state index in [2.05, 4.69) is 28.8 Å². The molecule has 0 saturated heterocycles. The topological polar surface area (TPSA) is 38.0 Å². The van der Waals surface area contributed by atoms with Crippen molar-refractivity contribution < 1.29 is 5.11 Å². The minimum Gasteiger partial charge on any atom is -0.388 e. The third kappa shape index (κ3) is 2.96. The third-order valence-corrected chi connectivity index (χ3v) is 3.65. The molecule has 1 N–H and O–H groups in total. The van der Waals surface area contributed by atoms with Crippen molar-refractivity contribution >= 4 is 11.3 Å². The summed E-state index contributed by atoms with van der Waals surface area (Å²) in [4.78, 5) is 0. The molecule has 2 aromatic heterocycles. The lowest BCUT2D eigenvalue weighted by Gasteiger charge is -2.09. The fraction of sp³-hybridized carbons (Fsp3) is 0.462. The summed E-state index contributed by atoms with van der Waals surface area (Å²) in [5.41, 5.74) is 3.28. The van der Waals surface area contributed by atoms with Crippen molar-refractivity contribution in [3.63, 3.8) is 0 Å². The molecular formula is C13H18N2OS. The van der Waals surface area contributed by atoms with Crippen LogP contribution in [0.5, 0.6) is 0 Å². The van der Waals surface area contributed by atoms with Crippen LogP contribution in [-0.2, 0) is 19.9 Å². The van der Waals surface area contributed by atoms with E-state index in [1.165, 1.54) is 5.56 Å². The molecule has 0 saturated carbocycles. The molecule has 1 unspecified atom stereocenters. The number of thiophene rings is 1. The Morgan fingerprint density at radius 1 is 1.53 bits per heavy atom. The van der Waals surface area contributed by atoms with Crippen LogP contribution in [0.1, 0.15) is 36.3 Å². The van der Waals surface area contributed by atoms with Gasteiger partial charge in [0.15, 0.2) is 0 Å². The molecule has 2 aromatic rings. The zero-order chi connectivity index (χ0) is 12.3. The molecule has 1 atom stereocenters. The number of hydrogen-bond donors (Lipinski definition) is 1. The Hall–Kier alpha value is -1.13. The summed E-state index contributed by atoms with van der Waals surface area (Å²) in [7, 11) is 1.90. The Kier molecular flexibility index (Phi) is 3.97. The van der Waals surface area contributed by atoms with Crippen molar-refractivity contribution in [2.45, 2.75) is 32.3 Å². The molecule has 0 aliphatic heterocycles. The molecule has 0 radical (unpaired) electrons. The Labute approximate surface area is 106 Å². The summed E-state index contributed by atoms with van der Waals surface area (Å²) in [5, 5.41) is 18.8. The fourth-order valence-corrected chi connectivity index (χ4v) is 2.70. The Morgan fingerprint density at radius 3 is 3.00 bits per heavy atom. The number of rotatable bonds is 5. The van der Waals surface area contributed by atoms with E-state index in [-0.39, 0.29) is 0 Å². The second kappa shape index (κ2) is 5.47. The molecule has 0 aliphatic carbocycles. The van der Waals surface area contributed by atoms with E-state index in [4.69, 9.17) is 0 Å². The van der Waals surface area contributed by atoms with Gasteiger partial charge in [-0.25, -0.2) is 0 Å². The van der Waals surface area contributed by atoms with Gasteiger partial charge in [-0.05, 0) is 41.7 Å². The highest BCUT2D eigenvalue weighted by Crippen LogP contribution is 2.22. The quantitative estimate of drug-likeness (QED) is 0.886. The summed E-state index contributed by atoms with van der Waals surface area (Å²) in [6, 6.07) is 2.11. The normalized spacial score (nSPS) is 12.9. The summed E-state index contributed by atoms with van der Waals surface area (Å²) >= 11 is 1.70. The van der Waals surface area contributed by atoms with Crippen LogP contribution in [0.15, 0.2) is 23.0 Å². The molecule has 0 fully saturated rings. The van der Waals surface area contributed by atoms with E-state index in [0.717, 1.165) is 30.5 Å². The predicted octanol–water partition coefficient (Wildman–Crippen LogP) is 2.71. The van der Waals surface area contributed by atoms with Gasteiger partial charge in [0.1, 0.15) is 0 Å². The molecule has 0 spiro atoms. The first kappa shape index (κ1) is 12.3. The van der Waals surface area contributed by atoms with E-state index in [1.54, 1.807) is 16.0 Å². The summed E-state index contributed by atoms with van der Waals surface area (Å²) in [6.07, 6.45) is 4.07. The van der Waals surface area contributed by atoms with Gasteiger partial charge in [-0.2, -0.15) is 16.4 Å². The van der Waals surface area contributed by atoms with E-state index in [0.29, 0.717) is 0 Å².